The summed E-state index contributed by atoms with van der Waals surface area (Å²) in [5.74, 6) is 1.40. The Labute approximate surface area is 291 Å². The summed E-state index contributed by atoms with van der Waals surface area (Å²) in [6.45, 7) is 9.63. The van der Waals surface area contributed by atoms with Crippen LogP contribution in [0.15, 0.2) is 81.6 Å². The lowest BCUT2D eigenvalue weighted by Crippen LogP contribution is -2.58. The van der Waals surface area contributed by atoms with Crippen LogP contribution in [0.3, 0.4) is 0 Å². The Morgan fingerprint density at radius 3 is 2.41 bits per heavy atom. The Hall–Kier alpha value is -4.18. The van der Waals surface area contributed by atoms with E-state index in [0.29, 0.717) is 36.5 Å². The first-order valence-corrected chi connectivity index (χ1v) is 17.8. The molecule has 4 aliphatic carbocycles. The number of fused-ring (bicyclic) bond motifs is 6. The molecular weight excluding hydrogens is 639 g/mol. The molecule has 2 saturated carbocycles. The normalized spacial score (nSPS) is 30.0. The first-order chi connectivity index (χ1) is 23.3. The van der Waals surface area contributed by atoms with Gasteiger partial charge >= 0.3 is 12.1 Å². The number of nitrogens with zero attached hydrogens (tertiary/aromatic N) is 1. The monoisotopic (exact) mass is 683 g/mol. The van der Waals surface area contributed by atoms with Crippen molar-refractivity contribution in [2.24, 2.45) is 28.6 Å². The average molecular weight is 684 g/mol. The van der Waals surface area contributed by atoms with Gasteiger partial charge in [0.2, 0.25) is 5.95 Å². The SMILES string of the molecule is CC(=O)OC1(C(C)=O)CCC2C3C=C(C)C4=CC(=O)CCC4(C)C3CCC21C.COC(=O)Nc1nc2ccc(Sc3ccccc3)cc2[nH]1. The highest BCUT2D eigenvalue weighted by Gasteiger charge is 2.67. The van der Waals surface area contributed by atoms with E-state index in [1.54, 1.807) is 18.7 Å². The molecular formula is C39H45N3O6S. The van der Waals surface area contributed by atoms with Gasteiger partial charge < -0.3 is 14.5 Å². The third-order valence-electron chi connectivity index (χ3n) is 11.7. The van der Waals surface area contributed by atoms with Gasteiger partial charge in [-0.2, -0.15) is 0 Å². The number of nitrogens with one attached hydrogen (secondary N) is 2. The molecule has 49 heavy (non-hydrogen) atoms. The summed E-state index contributed by atoms with van der Waals surface area (Å²) in [6.07, 6.45) is 8.65. The number of rotatable bonds is 5. The van der Waals surface area contributed by atoms with E-state index in [9.17, 15) is 19.2 Å². The maximum atomic E-state index is 12.8. The zero-order valence-electron chi connectivity index (χ0n) is 29.1. The van der Waals surface area contributed by atoms with Crippen LogP contribution in [-0.2, 0) is 23.9 Å². The number of carbonyl (C=O) groups excluding carboxylic acids is 4. The lowest BCUT2D eigenvalue weighted by molar-refractivity contribution is -0.185. The summed E-state index contributed by atoms with van der Waals surface area (Å²) in [5, 5.41) is 2.52. The maximum Gasteiger partial charge on any atom is 0.413 e. The number of hydrogen-bond donors (Lipinski definition) is 2. The zero-order chi connectivity index (χ0) is 35.1. The Morgan fingerprint density at radius 2 is 1.71 bits per heavy atom. The van der Waals surface area contributed by atoms with Crippen molar-refractivity contribution in [1.29, 1.82) is 0 Å². The highest BCUT2D eigenvalue weighted by atomic mass is 32.2. The molecule has 3 aromatic rings. The number of aromatic nitrogens is 2. The second-order valence-corrected chi connectivity index (χ2v) is 15.5. The quantitative estimate of drug-likeness (QED) is 0.257. The summed E-state index contributed by atoms with van der Waals surface area (Å²) < 4.78 is 10.4. The fourth-order valence-electron chi connectivity index (χ4n) is 9.36. The van der Waals surface area contributed by atoms with Crippen LogP contribution in [-0.4, -0.2) is 46.3 Å². The van der Waals surface area contributed by atoms with Crippen LogP contribution in [0.4, 0.5) is 10.7 Å². The number of carbonyl (C=O) groups is 4. The number of allylic oxidation sites excluding steroid dienone is 4. The van der Waals surface area contributed by atoms with Gasteiger partial charge in [-0.1, -0.05) is 55.5 Å². The molecule has 2 aromatic carbocycles. The minimum atomic E-state index is -0.990. The minimum Gasteiger partial charge on any atom is -0.453 e. The molecule has 0 saturated heterocycles. The highest BCUT2D eigenvalue weighted by Crippen LogP contribution is 2.67. The van der Waals surface area contributed by atoms with Crippen LogP contribution in [0.1, 0.15) is 73.1 Å². The van der Waals surface area contributed by atoms with Gasteiger partial charge in [0.25, 0.3) is 0 Å². The van der Waals surface area contributed by atoms with Gasteiger partial charge in [0.1, 0.15) is 0 Å². The summed E-state index contributed by atoms with van der Waals surface area (Å²) in [4.78, 5) is 57.5. The number of ketones is 2. The molecule has 2 fully saturated rings. The number of aromatic amines is 1. The fourth-order valence-corrected chi connectivity index (χ4v) is 10.2. The van der Waals surface area contributed by atoms with E-state index < -0.39 is 11.7 Å². The Bertz CT molecular complexity index is 1870. The van der Waals surface area contributed by atoms with Gasteiger partial charge in [-0.25, -0.2) is 9.78 Å². The van der Waals surface area contributed by atoms with E-state index in [1.807, 2.05) is 42.5 Å². The van der Waals surface area contributed by atoms with Gasteiger partial charge in [0.15, 0.2) is 17.2 Å². The van der Waals surface area contributed by atoms with Crippen LogP contribution < -0.4 is 5.32 Å². The lowest BCUT2D eigenvalue weighted by Gasteiger charge is -2.58. The van der Waals surface area contributed by atoms with Gasteiger partial charge in [-0.05, 0) is 111 Å². The van der Waals surface area contributed by atoms with E-state index in [-0.39, 0.29) is 28.4 Å². The number of ether oxygens (including phenoxy) is 2. The molecule has 7 rings (SSSR count). The van der Waals surface area contributed by atoms with Crippen LogP contribution in [0, 0.1) is 28.6 Å². The van der Waals surface area contributed by atoms with E-state index >= 15 is 0 Å². The molecule has 9 nitrogen and oxygen atoms in total. The number of imidazole rings is 1. The van der Waals surface area contributed by atoms with Crippen molar-refractivity contribution in [3.8, 4) is 0 Å². The predicted molar refractivity (Wildman–Crippen MR) is 189 cm³/mol. The largest absolute Gasteiger partial charge is 0.453 e. The number of benzene rings is 2. The molecule has 6 atom stereocenters. The zero-order valence-corrected chi connectivity index (χ0v) is 29.9. The van der Waals surface area contributed by atoms with Crippen molar-refractivity contribution in [1.82, 2.24) is 9.97 Å². The smallest absolute Gasteiger partial charge is 0.413 e. The highest BCUT2D eigenvalue weighted by molar-refractivity contribution is 7.99. The van der Waals surface area contributed by atoms with Crippen molar-refractivity contribution in [2.75, 3.05) is 12.4 Å². The van der Waals surface area contributed by atoms with Gasteiger partial charge in [-0.3, -0.25) is 19.7 Å². The maximum absolute atomic E-state index is 12.8. The molecule has 0 bridgehead atoms. The number of esters is 1. The summed E-state index contributed by atoms with van der Waals surface area (Å²) >= 11 is 1.67. The van der Waals surface area contributed by atoms with Crippen molar-refractivity contribution >= 4 is 52.4 Å². The number of methoxy groups -OCH3 is 1. The Balaban J connectivity index is 0.000000177. The standard InChI is InChI=1S/C24H32O4.C15H13N3O2S/c1-14-12-18-19(22(4)9-6-17(27)13-21(14)22)7-10-23(5)20(18)8-11-24(23,15(2)25)28-16(3)26;1-20-15(19)18-14-16-12-8-7-11(9-13(12)17-14)21-10-5-3-2-4-6-10/h12-13,18-20H,6-11H2,1-5H3;2-9H,1H3,(H2,16,17,18,19). The second-order valence-electron chi connectivity index (χ2n) is 14.3. The van der Waals surface area contributed by atoms with Crippen LogP contribution in [0.5, 0.6) is 0 Å². The average Bonchev–Trinajstić information content (AvgIpc) is 3.60. The lowest BCUT2D eigenvalue weighted by atomic mass is 9.47. The van der Waals surface area contributed by atoms with E-state index in [4.69, 9.17) is 4.74 Å². The second kappa shape index (κ2) is 13.3. The molecule has 0 spiro atoms. The van der Waals surface area contributed by atoms with Gasteiger partial charge in [0, 0.05) is 28.6 Å². The number of hydrogen-bond acceptors (Lipinski definition) is 8. The van der Waals surface area contributed by atoms with E-state index in [1.165, 1.54) is 30.1 Å². The molecule has 1 aromatic heterocycles. The predicted octanol–water partition coefficient (Wildman–Crippen LogP) is 8.47. The molecule has 6 unspecified atom stereocenters. The summed E-state index contributed by atoms with van der Waals surface area (Å²) in [7, 11) is 1.31. The van der Waals surface area contributed by atoms with Gasteiger partial charge in [0.05, 0.1) is 18.1 Å². The summed E-state index contributed by atoms with van der Waals surface area (Å²) in [6, 6.07) is 16.1. The van der Waals surface area contributed by atoms with Crippen LogP contribution >= 0.6 is 11.8 Å². The molecule has 4 aliphatic rings. The van der Waals surface area contributed by atoms with Gasteiger partial charge in [-0.15, -0.1) is 0 Å². The third kappa shape index (κ3) is 6.24. The topological polar surface area (TPSA) is 127 Å². The molecule has 0 radical (unpaired) electrons. The Morgan fingerprint density at radius 1 is 0.980 bits per heavy atom. The Kier molecular flexibility index (Phi) is 9.39. The van der Waals surface area contributed by atoms with E-state index in [0.717, 1.165) is 41.6 Å². The van der Waals surface area contributed by atoms with Crippen molar-refractivity contribution in [3.63, 3.8) is 0 Å². The number of anilines is 1. The fraction of sp³-hybridized carbons (Fsp3) is 0.462. The van der Waals surface area contributed by atoms with Crippen molar-refractivity contribution < 1.29 is 28.7 Å². The number of Topliss-reactive ketones (excluding diaryl/α,β-unsaturated/α-hetero) is 1. The molecule has 1 heterocycles. The molecule has 2 N–H and O–H groups in total. The van der Waals surface area contributed by atoms with Crippen LogP contribution in [0.25, 0.3) is 11.0 Å². The number of amides is 1. The van der Waals surface area contributed by atoms with Crippen molar-refractivity contribution in [2.45, 2.75) is 88.5 Å². The molecule has 0 aliphatic heterocycles. The third-order valence-corrected chi connectivity index (χ3v) is 12.7. The van der Waals surface area contributed by atoms with E-state index in [2.05, 4.69) is 59.0 Å². The van der Waals surface area contributed by atoms with Crippen molar-refractivity contribution in [3.05, 3.63) is 71.8 Å². The number of H-pyrrole nitrogens is 1. The first kappa shape index (κ1) is 34.7. The molecule has 10 heteroatoms. The summed E-state index contributed by atoms with van der Waals surface area (Å²) in [5.41, 5.74) is 2.81. The molecule has 1 amide bonds. The first-order valence-electron chi connectivity index (χ1n) is 17.0. The molecule has 258 valence electrons. The minimum absolute atomic E-state index is 0.0160. The van der Waals surface area contributed by atoms with Crippen LogP contribution in [0.2, 0.25) is 0 Å².